The highest BCUT2D eigenvalue weighted by atomic mass is 32.2. The molecule has 0 aromatic carbocycles. The number of carbonyl (C=O) groups is 1. The van der Waals surface area contributed by atoms with Gasteiger partial charge in [0.25, 0.3) is 0 Å². The number of aryl methyl sites for hydroxylation is 2. The zero-order chi connectivity index (χ0) is 15.3. The second kappa shape index (κ2) is 4.91. The Kier molecular flexibility index (Phi) is 3.44. The molecule has 21 heavy (non-hydrogen) atoms. The van der Waals surface area contributed by atoms with E-state index in [-0.39, 0.29) is 16.2 Å². The first-order chi connectivity index (χ1) is 9.87. The first kappa shape index (κ1) is 14.7. The average molecular weight is 311 g/mol. The number of aromatic nitrogens is 2. The third-order valence-electron chi connectivity index (χ3n) is 4.88. The average Bonchev–Trinajstić information content (AvgIpc) is 2.92. The van der Waals surface area contributed by atoms with E-state index in [0.29, 0.717) is 18.5 Å². The maximum absolute atomic E-state index is 13.1. The standard InChI is InChI=1S/C14H21N3O3S/c1-10-9-12(17(2)16-10)21(19,20)13-11(18)3-4-14(13)5-7-15-8-6-14/h9,13,15H,3-8H2,1-2H3. The Hall–Kier alpha value is -1.21. The van der Waals surface area contributed by atoms with Gasteiger partial charge in [0.1, 0.15) is 5.25 Å². The van der Waals surface area contributed by atoms with Crippen molar-refractivity contribution in [2.75, 3.05) is 13.1 Å². The number of carbonyl (C=O) groups excluding carboxylic acids is 1. The lowest BCUT2D eigenvalue weighted by Gasteiger charge is -2.37. The molecule has 2 aliphatic rings. The van der Waals surface area contributed by atoms with Crippen LogP contribution in [0.1, 0.15) is 31.4 Å². The summed E-state index contributed by atoms with van der Waals surface area (Å²) >= 11 is 0. The molecule has 6 nitrogen and oxygen atoms in total. The zero-order valence-corrected chi connectivity index (χ0v) is 13.2. The molecular weight excluding hydrogens is 290 g/mol. The molecule has 0 bridgehead atoms. The van der Waals surface area contributed by atoms with E-state index in [1.807, 2.05) is 0 Å². The Balaban J connectivity index is 2.07. The summed E-state index contributed by atoms with van der Waals surface area (Å²) in [4.78, 5) is 12.4. The first-order valence-electron chi connectivity index (χ1n) is 7.35. The van der Waals surface area contributed by atoms with Crippen LogP contribution in [0.15, 0.2) is 11.1 Å². The number of rotatable bonds is 2. The molecule has 3 rings (SSSR count). The van der Waals surface area contributed by atoms with Gasteiger partial charge in [-0.1, -0.05) is 0 Å². The van der Waals surface area contributed by atoms with Gasteiger partial charge < -0.3 is 5.32 Å². The van der Waals surface area contributed by atoms with Gasteiger partial charge in [0, 0.05) is 13.5 Å². The number of hydrogen-bond donors (Lipinski definition) is 1. The van der Waals surface area contributed by atoms with Gasteiger partial charge in [-0.15, -0.1) is 0 Å². The van der Waals surface area contributed by atoms with Crippen LogP contribution < -0.4 is 5.32 Å². The normalized spacial score (nSPS) is 25.6. The van der Waals surface area contributed by atoms with Gasteiger partial charge in [0.05, 0.1) is 5.69 Å². The van der Waals surface area contributed by atoms with Crippen LogP contribution >= 0.6 is 0 Å². The third kappa shape index (κ3) is 2.23. The molecule has 1 saturated heterocycles. The van der Waals surface area contributed by atoms with Crippen LogP contribution in [0.3, 0.4) is 0 Å². The van der Waals surface area contributed by atoms with Gasteiger partial charge in [-0.2, -0.15) is 5.10 Å². The molecule has 1 aliphatic heterocycles. The highest BCUT2D eigenvalue weighted by Crippen LogP contribution is 2.48. The monoisotopic (exact) mass is 311 g/mol. The number of nitrogens with zero attached hydrogens (tertiary/aromatic N) is 2. The molecule has 0 amide bonds. The maximum atomic E-state index is 13.1. The Morgan fingerprint density at radius 1 is 1.33 bits per heavy atom. The van der Waals surface area contributed by atoms with Crippen molar-refractivity contribution < 1.29 is 13.2 Å². The summed E-state index contributed by atoms with van der Waals surface area (Å²) in [7, 11) is -2.06. The van der Waals surface area contributed by atoms with Crippen molar-refractivity contribution in [3.63, 3.8) is 0 Å². The van der Waals surface area contributed by atoms with Crippen LogP contribution in [0.4, 0.5) is 0 Å². The largest absolute Gasteiger partial charge is 0.317 e. The molecule has 0 radical (unpaired) electrons. The van der Waals surface area contributed by atoms with Crippen molar-refractivity contribution >= 4 is 15.6 Å². The number of ketones is 1. The predicted molar refractivity (Wildman–Crippen MR) is 77.7 cm³/mol. The summed E-state index contributed by atoms with van der Waals surface area (Å²) in [6, 6.07) is 1.57. The van der Waals surface area contributed by atoms with E-state index in [1.165, 1.54) is 4.68 Å². The summed E-state index contributed by atoms with van der Waals surface area (Å²) in [6.07, 6.45) is 2.56. The smallest absolute Gasteiger partial charge is 0.205 e. The van der Waals surface area contributed by atoms with E-state index in [2.05, 4.69) is 10.4 Å². The Bertz CT molecular complexity index is 672. The number of nitrogens with one attached hydrogen (secondary N) is 1. The van der Waals surface area contributed by atoms with Crippen molar-refractivity contribution in [2.45, 2.75) is 42.9 Å². The van der Waals surface area contributed by atoms with Crippen LogP contribution in [-0.2, 0) is 21.7 Å². The number of sulfone groups is 1. The number of piperidine rings is 1. The van der Waals surface area contributed by atoms with Gasteiger partial charge in [-0.3, -0.25) is 9.48 Å². The fourth-order valence-electron chi connectivity index (χ4n) is 3.89. The first-order valence-corrected chi connectivity index (χ1v) is 8.89. The second-order valence-corrected chi connectivity index (χ2v) is 8.23. The summed E-state index contributed by atoms with van der Waals surface area (Å²) in [5.41, 5.74) is 0.264. The SMILES string of the molecule is Cc1cc(S(=O)(=O)C2C(=O)CCC23CCNCC3)n(C)n1. The predicted octanol–water partition coefficient (Wildman–Crippen LogP) is 0.604. The number of hydrogen-bond acceptors (Lipinski definition) is 5. The van der Waals surface area contributed by atoms with E-state index < -0.39 is 15.1 Å². The minimum Gasteiger partial charge on any atom is -0.317 e. The summed E-state index contributed by atoms with van der Waals surface area (Å²) in [6.45, 7) is 3.32. The minimum atomic E-state index is -3.68. The van der Waals surface area contributed by atoms with Crippen molar-refractivity contribution in [1.82, 2.24) is 15.1 Å². The highest BCUT2D eigenvalue weighted by molar-refractivity contribution is 7.92. The molecule has 1 aliphatic carbocycles. The molecule has 1 N–H and O–H groups in total. The lowest BCUT2D eigenvalue weighted by Crippen LogP contribution is -2.47. The van der Waals surface area contributed by atoms with Gasteiger partial charge in [-0.05, 0) is 50.8 Å². The second-order valence-electron chi connectivity index (χ2n) is 6.25. The van der Waals surface area contributed by atoms with Crippen molar-refractivity contribution in [1.29, 1.82) is 0 Å². The third-order valence-corrected chi connectivity index (χ3v) is 7.23. The number of Topliss-reactive ketones (excluding diaryl/α,β-unsaturated/α-hetero) is 1. The zero-order valence-electron chi connectivity index (χ0n) is 12.4. The lowest BCUT2D eigenvalue weighted by molar-refractivity contribution is -0.117. The van der Waals surface area contributed by atoms with Gasteiger partial charge in [-0.25, -0.2) is 8.42 Å². The van der Waals surface area contributed by atoms with Gasteiger partial charge in [0.15, 0.2) is 10.8 Å². The van der Waals surface area contributed by atoms with Crippen LogP contribution in [0.25, 0.3) is 0 Å². The van der Waals surface area contributed by atoms with E-state index >= 15 is 0 Å². The molecule has 2 fully saturated rings. The fourth-order valence-corrected chi connectivity index (χ4v) is 6.35. The van der Waals surface area contributed by atoms with Crippen LogP contribution in [0, 0.1) is 12.3 Å². The Morgan fingerprint density at radius 2 is 2.00 bits per heavy atom. The maximum Gasteiger partial charge on any atom is 0.205 e. The molecular formula is C14H21N3O3S. The molecule has 1 saturated carbocycles. The molecule has 1 aromatic heterocycles. The van der Waals surface area contributed by atoms with Crippen LogP contribution in [0.5, 0.6) is 0 Å². The van der Waals surface area contributed by atoms with Crippen molar-refractivity contribution in [2.24, 2.45) is 12.5 Å². The highest BCUT2D eigenvalue weighted by Gasteiger charge is 2.55. The summed E-state index contributed by atoms with van der Waals surface area (Å²) < 4.78 is 27.5. The van der Waals surface area contributed by atoms with Gasteiger partial charge in [0.2, 0.25) is 9.84 Å². The molecule has 7 heteroatoms. The molecule has 116 valence electrons. The van der Waals surface area contributed by atoms with E-state index in [9.17, 15) is 13.2 Å². The van der Waals surface area contributed by atoms with E-state index in [1.54, 1.807) is 20.0 Å². The molecule has 1 unspecified atom stereocenters. The summed E-state index contributed by atoms with van der Waals surface area (Å²) in [5.74, 6) is -0.129. The fraction of sp³-hybridized carbons (Fsp3) is 0.714. The Morgan fingerprint density at radius 3 is 2.57 bits per heavy atom. The van der Waals surface area contributed by atoms with Crippen LogP contribution in [0.2, 0.25) is 0 Å². The summed E-state index contributed by atoms with van der Waals surface area (Å²) in [5, 5.41) is 6.64. The van der Waals surface area contributed by atoms with Crippen molar-refractivity contribution in [3.05, 3.63) is 11.8 Å². The van der Waals surface area contributed by atoms with E-state index in [0.717, 1.165) is 25.9 Å². The molecule has 2 heterocycles. The quantitative estimate of drug-likeness (QED) is 0.865. The molecule has 1 aromatic rings. The van der Waals surface area contributed by atoms with Crippen LogP contribution in [-0.4, -0.2) is 42.3 Å². The van der Waals surface area contributed by atoms with Gasteiger partial charge >= 0.3 is 0 Å². The van der Waals surface area contributed by atoms with Crippen molar-refractivity contribution in [3.8, 4) is 0 Å². The lowest BCUT2D eigenvalue weighted by atomic mass is 9.77. The minimum absolute atomic E-state index is 0.129. The molecule has 1 spiro atoms. The Labute approximate surface area is 124 Å². The van der Waals surface area contributed by atoms with E-state index in [4.69, 9.17) is 0 Å². The molecule has 1 atom stereocenters. The topological polar surface area (TPSA) is 81.1 Å².